The first-order valence-electron chi connectivity index (χ1n) is 7.79. The molecule has 4 N–H and O–H groups in total. The Morgan fingerprint density at radius 1 is 0.963 bits per heavy atom. The molecule has 0 fully saturated rings. The number of phenols is 4. The maximum absolute atomic E-state index is 12.0. The van der Waals surface area contributed by atoms with Gasteiger partial charge in [0.05, 0.1) is 7.11 Å². The van der Waals surface area contributed by atoms with Gasteiger partial charge >= 0.3 is 11.9 Å². The van der Waals surface area contributed by atoms with Crippen LogP contribution in [0.15, 0.2) is 42.5 Å². The highest BCUT2D eigenvalue weighted by Gasteiger charge is 2.24. The Morgan fingerprint density at radius 3 is 2.19 bits per heavy atom. The van der Waals surface area contributed by atoms with Crippen molar-refractivity contribution in [1.82, 2.24) is 0 Å². The van der Waals surface area contributed by atoms with E-state index in [1.807, 2.05) is 0 Å². The summed E-state index contributed by atoms with van der Waals surface area (Å²) in [4.78, 5) is 23.9. The summed E-state index contributed by atoms with van der Waals surface area (Å²) in [5.74, 6) is -2.93. The molecule has 142 valence electrons. The van der Waals surface area contributed by atoms with Gasteiger partial charge in [-0.25, -0.2) is 9.59 Å². The molecule has 0 bridgehead atoms. The molecule has 0 heterocycles. The zero-order chi connectivity index (χ0) is 20.0. The Balaban J connectivity index is 2.09. The predicted octanol–water partition coefficient (Wildman–Crippen LogP) is 1.85. The molecule has 27 heavy (non-hydrogen) atoms. The van der Waals surface area contributed by atoms with Crippen LogP contribution >= 0.6 is 0 Å². The van der Waals surface area contributed by atoms with Crippen LogP contribution in [0.3, 0.4) is 0 Å². The molecular formula is C19H18O8. The van der Waals surface area contributed by atoms with E-state index in [1.54, 1.807) is 0 Å². The van der Waals surface area contributed by atoms with E-state index in [9.17, 15) is 30.0 Å². The number of phenolic OH excluding ortho intramolecular Hbond substituents is 4. The molecule has 1 atom stereocenters. The average Bonchev–Trinajstić information content (AvgIpc) is 2.64. The van der Waals surface area contributed by atoms with Crippen LogP contribution < -0.4 is 0 Å². The Kier molecular flexibility index (Phi) is 6.27. The number of carbonyl (C=O) groups excluding carboxylic acids is 2. The first-order valence-corrected chi connectivity index (χ1v) is 7.79. The van der Waals surface area contributed by atoms with Crippen LogP contribution in [0.5, 0.6) is 23.0 Å². The van der Waals surface area contributed by atoms with E-state index in [0.717, 1.165) is 13.2 Å². The second kappa shape index (κ2) is 8.61. The highest BCUT2D eigenvalue weighted by Crippen LogP contribution is 2.26. The van der Waals surface area contributed by atoms with E-state index in [2.05, 4.69) is 4.74 Å². The van der Waals surface area contributed by atoms with Gasteiger partial charge in [0.2, 0.25) is 6.10 Å². The van der Waals surface area contributed by atoms with E-state index in [0.29, 0.717) is 11.1 Å². The standard InChI is InChI=1S/C19H18O8/c1-26-19(25)17(10-12-3-6-14(21)16(23)9-12)27-18(24)7-4-11-2-5-13(20)15(22)8-11/h2-9,17,20-23H,10H2,1H3/b7-4-/t17-/m1/s1. The lowest BCUT2D eigenvalue weighted by Gasteiger charge is -2.15. The fourth-order valence-electron chi connectivity index (χ4n) is 2.20. The Morgan fingerprint density at radius 2 is 1.59 bits per heavy atom. The molecule has 0 amide bonds. The Hall–Kier alpha value is -3.68. The predicted molar refractivity (Wildman–Crippen MR) is 94.2 cm³/mol. The number of methoxy groups -OCH3 is 1. The summed E-state index contributed by atoms with van der Waals surface area (Å²) < 4.78 is 9.71. The maximum Gasteiger partial charge on any atom is 0.347 e. The number of aromatic hydroxyl groups is 4. The molecule has 2 aromatic rings. The number of esters is 2. The zero-order valence-electron chi connectivity index (χ0n) is 14.3. The third-order valence-corrected chi connectivity index (χ3v) is 3.59. The Labute approximate surface area is 154 Å². The lowest BCUT2D eigenvalue weighted by atomic mass is 10.1. The smallest absolute Gasteiger partial charge is 0.347 e. The number of hydrogen-bond donors (Lipinski definition) is 4. The average molecular weight is 374 g/mol. The second-order valence-corrected chi connectivity index (χ2v) is 5.56. The van der Waals surface area contributed by atoms with Crippen LogP contribution in [-0.4, -0.2) is 45.6 Å². The number of hydrogen-bond acceptors (Lipinski definition) is 8. The SMILES string of the molecule is COC(=O)[C@@H](Cc1ccc(O)c(O)c1)OC(=O)/C=C\c1ccc(O)c(O)c1. The van der Waals surface area contributed by atoms with Gasteiger partial charge in [-0.1, -0.05) is 12.1 Å². The van der Waals surface area contributed by atoms with Crippen LogP contribution in [0.4, 0.5) is 0 Å². The van der Waals surface area contributed by atoms with Gasteiger partial charge in [-0.05, 0) is 41.5 Å². The van der Waals surface area contributed by atoms with Gasteiger partial charge in [-0.15, -0.1) is 0 Å². The second-order valence-electron chi connectivity index (χ2n) is 5.56. The summed E-state index contributed by atoms with van der Waals surface area (Å²) in [6, 6.07) is 7.93. The van der Waals surface area contributed by atoms with Gasteiger partial charge in [-0.3, -0.25) is 0 Å². The summed E-state index contributed by atoms with van der Waals surface area (Å²) in [5, 5.41) is 37.5. The minimum absolute atomic E-state index is 0.0694. The van der Waals surface area contributed by atoms with E-state index in [-0.39, 0.29) is 29.4 Å². The van der Waals surface area contributed by atoms with Crippen molar-refractivity contribution in [3.8, 4) is 23.0 Å². The summed E-state index contributed by atoms with van der Waals surface area (Å²) in [7, 11) is 1.15. The number of carbonyl (C=O) groups is 2. The fraction of sp³-hybridized carbons (Fsp3) is 0.158. The normalized spacial score (nSPS) is 11.9. The van der Waals surface area contributed by atoms with Crippen molar-refractivity contribution in [2.45, 2.75) is 12.5 Å². The van der Waals surface area contributed by atoms with Gasteiger partial charge < -0.3 is 29.9 Å². The third kappa shape index (κ3) is 5.40. The molecule has 0 saturated heterocycles. The lowest BCUT2D eigenvalue weighted by molar-refractivity contribution is -0.162. The quantitative estimate of drug-likeness (QED) is 0.342. The van der Waals surface area contributed by atoms with E-state index in [1.165, 1.54) is 42.5 Å². The number of benzene rings is 2. The van der Waals surface area contributed by atoms with Crippen molar-refractivity contribution < 1.29 is 39.5 Å². The summed E-state index contributed by atoms with van der Waals surface area (Å²) >= 11 is 0. The van der Waals surface area contributed by atoms with Gasteiger partial charge in [0.15, 0.2) is 23.0 Å². The van der Waals surface area contributed by atoms with Crippen molar-refractivity contribution >= 4 is 18.0 Å². The molecule has 0 aliphatic heterocycles. The molecule has 0 saturated carbocycles. The molecule has 8 heteroatoms. The fourth-order valence-corrected chi connectivity index (χ4v) is 2.20. The van der Waals surface area contributed by atoms with Crippen molar-refractivity contribution in [1.29, 1.82) is 0 Å². The monoisotopic (exact) mass is 374 g/mol. The largest absolute Gasteiger partial charge is 0.504 e. The summed E-state index contributed by atoms with van der Waals surface area (Å²) in [6.07, 6.45) is 1.06. The van der Waals surface area contributed by atoms with Crippen LogP contribution in [0, 0.1) is 0 Å². The van der Waals surface area contributed by atoms with Crippen molar-refractivity contribution in [3.63, 3.8) is 0 Å². The van der Waals surface area contributed by atoms with E-state index in [4.69, 9.17) is 4.74 Å². The molecule has 0 radical (unpaired) electrons. The summed E-state index contributed by atoms with van der Waals surface area (Å²) in [6.45, 7) is 0. The van der Waals surface area contributed by atoms with Crippen LogP contribution in [0.2, 0.25) is 0 Å². The van der Waals surface area contributed by atoms with E-state index < -0.39 is 18.0 Å². The van der Waals surface area contributed by atoms with Gasteiger partial charge in [0.1, 0.15) is 0 Å². The first kappa shape index (κ1) is 19.6. The van der Waals surface area contributed by atoms with Crippen molar-refractivity contribution in [2.75, 3.05) is 7.11 Å². The minimum Gasteiger partial charge on any atom is -0.504 e. The highest BCUT2D eigenvalue weighted by molar-refractivity contribution is 5.89. The van der Waals surface area contributed by atoms with Gasteiger partial charge in [-0.2, -0.15) is 0 Å². The highest BCUT2D eigenvalue weighted by atomic mass is 16.6. The van der Waals surface area contributed by atoms with Gasteiger partial charge in [0.25, 0.3) is 0 Å². The number of rotatable bonds is 6. The van der Waals surface area contributed by atoms with Crippen molar-refractivity contribution in [2.24, 2.45) is 0 Å². The first-order chi connectivity index (χ1) is 12.8. The number of ether oxygens (including phenoxy) is 2. The minimum atomic E-state index is -1.26. The zero-order valence-corrected chi connectivity index (χ0v) is 14.3. The maximum atomic E-state index is 12.0. The van der Waals surface area contributed by atoms with Gasteiger partial charge in [0, 0.05) is 12.5 Å². The molecule has 2 rings (SSSR count). The molecule has 0 aromatic heterocycles. The molecule has 2 aromatic carbocycles. The van der Waals surface area contributed by atoms with Crippen LogP contribution in [-0.2, 0) is 25.5 Å². The third-order valence-electron chi connectivity index (χ3n) is 3.59. The molecule has 0 aliphatic carbocycles. The molecule has 0 aliphatic rings. The Bertz CT molecular complexity index is 872. The van der Waals surface area contributed by atoms with Crippen LogP contribution in [0.25, 0.3) is 6.08 Å². The van der Waals surface area contributed by atoms with Crippen LogP contribution in [0.1, 0.15) is 11.1 Å². The molecule has 8 nitrogen and oxygen atoms in total. The lowest BCUT2D eigenvalue weighted by Crippen LogP contribution is -2.30. The molecule has 0 spiro atoms. The summed E-state index contributed by atoms with van der Waals surface area (Å²) in [5.41, 5.74) is 0.876. The topological polar surface area (TPSA) is 134 Å². The molecular weight excluding hydrogens is 356 g/mol. The van der Waals surface area contributed by atoms with Crippen molar-refractivity contribution in [3.05, 3.63) is 53.6 Å². The van der Waals surface area contributed by atoms with E-state index >= 15 is 0 Å². The molecule has 0 unspecified atom stereocenters.